The van der Waals surface area contributed by atoms with Crippen LogP contribution >= 0.6 is 11.6 Å². The Kier molecular flexibility index (Phi) is 6.87. The van der Waals surface area contributed by atoms with Crippen molar-refractivity contribution >= 4 is 23.4 Å². The summed E-state index contributed by atoms with van der Waals surface area (Å²) < 4.78 is 0. The Bertz CT molecular complexity index is 883. The summed E-state index contributed by atoms with van der Waals surface area (Å²) >= 11 is 5.96. The van der Waals surface area contributed by atoms with Crippen LogP contribution in [0.4, 0.5) is 0 Å². The van der Waals surface area contributed by atoms with Crippen molar-refractivity contribution in [1.82, 2.24) is 19.7 Å². The third-order valence-electron chi connectivity index (χ3n) is 5.14. The van der Waals surface area contributed by atoms with Gasteiger partial charge in [0.1, 0.15) is 5.69 Å². The number of nitrogens with zero attached hydrogens (tertiary/aromatic N) is 4. The number of benzene rings is 1. The van der Waals surface area contributed by atoms with Crippen LogP contribution < -0.4 is 0 Å². The van der Waals surface area contributed by atoms with E-state index in [1.54, 1.807) is 33.2 Å². The molecule has 2 aromatic rings. The molecule has 0 N–H and O–H groups in total. The second-order valence-electron chi connectivity index (χ2n) is 7.58. The maximum Gasteiger partial charge on any atom is 0.271 e. The zero-order valence-electron chi connectivity index (χ0n) is 17.2. The van der Waals surface area contributed by atoms with Crippen LogP contribution in [0.25, 0.3) is 0 Å². The summed E-state index contributed by atoms with van der Waals surface area (Å²) in [7, 11) is 3.37. The second kappa shape index (κ2) is 9.37. The van der Waals surface area contributed by atoms with Gasteiger partial charge in [-0.3, -0.25) is 14.5 Å². The first-order valence-electron chi connectivity index (χ1n) is 9.80. The predicted molar refractivity (Wildman–Crippen MR) is 114 cm³/mol. The summed E-state index contributed by atoms with van der Waals surface area (Å²) in [5, 5.41) is 0.740. The number of carbonyl (C=O) groups is 2. The van der Waals surface area contributed by atoms with E-state index in [9.17, 15) is 9.59 Å². The molecule has 1 aromatic carbocycles. The highest BCUT2D eigenvalue weighted by molar-refractivity contribution is 6.30. The molecule has 0 saturated carbocycles. The molecule has 1 aliphatic rings. The van der Waals surface area contributed by atoms with E-state index in [0.29, 0.717) is 30.0 Å². The summed E-state index contributed by atoms with van der Waals surface area (Å²) in [5.41, 5.74) is 2.72. The molecule has 2 amide bonds. The van der Waals surface area contributed by atoms with E-state index in [0.717, 1.165) is 31.1 Å². The Balaban J connectivity index is 1.64. The van der Waals surface area contributed by atoms with Crippen molar-refractivity contribution in [2.45, 2.75) is 19.9 Å². The SMILES string of the molecule is Cc1nc(C(=O)N(C)C)ccc1C(=O)N1CCCN(Cc2ccc(Cl)cc2)CC1. The molecule has 1 saturated heterocycles. The Hall–Kier alpha value is -2.44. The van der Waals surface area contributed by atoms with Crippen molar-refractivity contribution in [3.63, 3.8) is 0 Å². The number of rotatable bonds is 4. The number of aromatic nitrogens is 1. The van der Waals surface area contributed by atoms with Gasteiger partial charge in [0.05, 0.1) is 11.3 Å². The maximum atomic E-state index is 13.0. The third-order valence-corrected chi connectivity index (χ3v) is 5.39. The Morgan fingerprint density at radius 2 is 1.76 bits per heavy atom. The van der Waals surface area contributed by atoms with Crippen LogP contribution in [0, 0.1) is 6.92 Å². The smallest absolute Gasteiger partial charge is 0.271 e. The molecule has 0 atom stereocenters. The first kappa shape index (κ1) is 21.3. The van der Waals surface area contributed by atoms with E-state index in [1.807, 2.05) is 29.2 Å². The van der Waals surface area contributed by atoms with Gasteiger partial charge in [-0.2, -0.15) is 0 Å². The van der Waals surface area contributed by atoms with Gasteiger partial charge in [0, 0.05) is 51.8 Å². The number of pyridine rings is 1. The molecule has 6 nitrogen and oxygen atoms in total. The second-order valence-corrected chi connectivity index (χ2v) is 8.01. The lowest BCUT2D eigenvalue weighted by molar-refractivity contribution is 0.0757. The summed E-state index contributed by atoms with van der Waals surface area (Å²) in [6.07, 6.45) is 0.920. The number of halogens is 1. The van der Waals surface area contributed by atoms with Crippen molar-refractivity contribution in [3.05, 3.63) is 63.9 Å². The number of carbonyl (C=O) groups excluding carboxylic acids is 2. The van der Waals surface area contributed by atoms with E-state index < -0.39 is 0 Å². The van der Waals surface area contributed by atoms with Crippen LogP contribution in [0.15, 0.2) is 36.4 Å². The van der Waals surface area contributed by atoms with Gasteiger partial charge in [-0.1, -0.05) is 23.7 Å². The Morgan fingerprint density at radius 1 is 1.03 bits per heavy atom. The van der Waals surface area contributed by atoms with Gasteiger partial charge in [0.25, 0.3) is 11.8 Å². The molecule has 1 aromatic heterocycles. The van der Waals surface area contributed by atoms with Crippen LogP contribution in [0.3, 0.4) is 0 Å². The summed E-state index contributed by atoms with van der Waals surface area (Å²) in [4.78, 5) is 35.2. The fourth-order valence-corrected chi connectivity index (χ4v) is 3.61. The highest BCUT2D eigenvalue weighted by atomic mass is 35.5. The van der Waals surface area contributed by atoms with Crippen molar-refractivity contribution < 1.29 is 9.59 Å². The molecule has 0 radical (unpaired) electrons. The first-order chi connectivity index (χ1) is 13.8. The van der Waals surface area contributed by atoms with Crippen LogP contribution in [-0.2, 0) is 6.54 Å². The lowest BCUT2D eigenvalue weighted by atomic mass is 10.1. The van der Waals surface area contributed by atoms with Gasteiger partial charge in [-0.05, 0) is 43.2 Å². The number of hydrogen-bond acceptors (Lipinski definition) is 4. The minimum Gasteiger partial charge on any atom is -0.343 e. The molecular weight excluding hydrogens is 388 g/mol. The number of hydrogen-bond donors (Lipinski definition) is 0. The van der Waals surface area contributed by atoms with Crippen molar-refractivity contribution in [2.75, 3.05) is 40.3 Å². The molecule has 29 heavy (non-hydrogen) atoms. The molecule has 2 heterocycles. The highest BCUT2D eigenvalue weighted by Gasteiger charge is 2.23. The average Bonchev–Trinajstić information content (AvgIpc) is 2.94. The molecule has 0 bridgehead atoms. The number of aryl methyl sites for hydroxylation is 1. The van der Waals surface area contributed by atoms with Crippen LogP contribution in [0.1, 0.15) is 38.5 Å². The van der Waals surface area contributed by atoms with E-state index in [-0.39, 0.29) is 11.8 Å². The minimum atomic E-state index is -0.167. The molecule has 1 fully saturated rings. The van der Waals surface area contributed by atoms with Crippen molar-refractivity contribution in [3.8, 4) is 0 Å². The lowest BCUT2D eigenvalue weighted by Gasteiger charge is -2.23. The zero-order chi connectivity index (χ0) is 21.0. The van der Waals surface area contributed by atoms with E-state index in [4.69, 9.17) is 11.6 Å². The van der Waals surface area contributed by atoms with E-state index in [2.05, 4.69) is 9.88 Å². The molecule has 154 valence electrons. The van der Waals surface area contributed by atoms with Crippen molar-refractivity contribution in [2.24, 2.45) is 0 Å². The minimum absolute atomic E-state index is 0.0211. The fourth-order valence-electron chi connectivity index (χ4n) is 3.49. The van der Waals surface area contributed by atoms with Crippen LogP contribution in [-0.4, -0.2) is 71.8 Å². The fraction of sp³-hybridized carbons (Fsp3) is 0.409. The monoisotopic (exact) mass is 414 g/mol. The lowest BCUT2D eigenvalue weighted by Crippen LogP contribution is -2.35. The quantitative estimate of drug-likeness (QED) is 0.771. The number of amides is 2. The van der Waals surface area contributed by atoms with Gasteiger partial charge < -0.3 is 9.80 Å². The molecule has 0 spiro atoms. The molecule has 0 unspecified atom stereocenters. The molecule has 3 rings (SSSR count). The van der Waals surface area contributed by atoms with Gasteiger partial charge >= 0.3 is 0 Å². The van der Waals surface area contributed by atoms with Crippen LogP contribution in [0.5, 0.6) is 0 Å². The largest absolute Gasteiger partial charge is 0.343 e. The van der Waals surface area contributed by atoms with Crippen LogP contribution in [0.2, 0.25) is 5.02 Å². The highest BCUT2D eigenvalue weighted by Crippen LogP contribution is 2.16. The Morgan fingerprint density at radius 3 is 2.41 bits per heavy atom. The first-order valence-corrected chi connectivity index (χ1v) is 10.2. The topological polar surface area (TPSA) is 56.8 Å². The van der Waals surface area contributed by atoms with Gasteiger partial charge in [0.2, 0.25) is 0 Å². The summed E-state index contributed by atoms with van der Waals surface area (Å²) in [6, 6.07) is 11.3. The summed E-state index contributed by atoms with van der Waals surface area (Å²) in [5.74, 6) is -0.188. The molecule has 1 aliphatic heterocycles. The maximum absolute atomic E-state index is 13.0. The summed E-state index contributed by atoms with van der Waals surface area (Å²) in [6.45, 7) is 5.78. The van der Waals surface area contributed by atoms with Gasteiger partial charge in [0.15, 0.2) is 0 Å². The molecule has 0 aliphatic carbocycles. The predicted octanol–water partition coefficient (Wildman–Crippen LogP) is 3.09. The Labute approximate surface area is 177 Å². The van der Waals surface area contributed by atoms with Gasteiger partial charge in [-0.15, -0.1) is 0 Å². The van der Waals surface area contributed by atoms with E-state index >= 15 is 0 Å². The normalized spacial score (nSPS) is 15.1. The third kappa shape index (κ3) is 5.34. The molecular formula is C22H27ClN4O2. The molecule has 7 heteroatoms. The zero-order valence-corrected chi connectivity index (χ0v) is 17.9. The van der Waals surface area contributed by atoms with E-state index in [1.165, 1.54) is 10.5 Å². The van der Waals surface area contributed by atoms with Gasteiger partial charge in [-0.25, -0.2) is 4.98 Å². The van der Waals surface area contributed by atoms with Crippen molar-refractivity contribution in [1.29, 1.82) is 0 Å². The standard InChI is InChI=1S/C22H27ClN4O2/c1-16-19(9-10-20(24-16)22(29)25(2)3)21(28)27-12-4-11-26(13-14-27)15-17-5-7-18(23)8-6-17/h5-10H,4,11-15H2,1-3H3. The average molecular weight is 415 g/mol.